The fraction of sp³-hybridized carbons (Fsp3) is 0.143. The second-order valence-electron chi connectivity index (χ2n) is 4.60. The van der Waals surface area contributed by atoms with E-state index in [0.717, 1.165) is 22.5 Å². The zero-order valence-electron chi connectivity index (χ0n) is 10.9. The van der Waals surface area contributed by atoms with Crippen molar-refractivity contribution in [1.82, 2.24) is 14.6 Å². The Balaban J connectivity index is 2.18. The highest BCUT2D eigenvalue weighted by atomic mass is 15.3. The maximum atomic E-state index is 5.61. The summed E-state index contributed by atoms with van der Waals surface area (Å²) >= 11 is 0. The zero-order valence-corrected chi connectivity index (χ0v) is 10.9. The number of aromatic nitrogens is 3. The van der Waals surface area contributed by atoms with E-state index >= 15 is 0 Å². The molecule has 0 fully saturated rings. The van der Waals surface area contributed by atoms with Gasteiger partial charge in [-0.15, -0.1) is 5.10 Å². The summed E-state index contributed by atoms with van der Waals surface area (Å²) < 4.78 is 1.71. The van der Waals surface area contributed by atoms with Crippen LogP contribution in [0.25, 0.3) is 16.8 Å². The van der Waals surface area contributed by atoms with Crippen LogP contribution < -0.4 is 10.6 Å². The fourth-order valence-electron chi connectivity index (χ4n) is 2.17. The van der Waals surface area contributed by atoms with Crippen molar-refractivity contribution < 1.29 is 0 Å². The molecule has 0 spiro atoms. The van der Waals surface area contributed by atoms with E-state index in [1.807, 2.05) is 44.6 Å². The first-order valence-electron chi connectivity index (χ1n) is 6.04. The van der Waals surface area contributed by atoms with E-state index < -0.39 is 0 Å². The average Bonchev–Trinajstić information content (AvgIpc) is 2.77. The van der Waals surface area contributed by atoms with Crippen LogP contribution in [0.15, 0.2) is 42.6 Å². The highest BCUT2D eigenvalue weighted by Gasteiger charge is 2.08. The molecule has 0 amide bonds. The predicted molar refractivity (Wildman–Crippen MR) is 77.2 cm³/mol. The smallest absolute Gasteiger partial charge is 0.240 e. The third kappa shape index (κ3) is 1.99. The van der Waals surface area contributed by atoms with Gasteiger partial charge in [-0.25, -0.2) is 4.52 Å². The number of nitrogens with zero attached hydrogens (tertiary/aromatic N) is 4. The molecule has 3 rings (SSSR count). The molecule has 2 N–H and O–H groups in total. The molecule has 0 unspecified atom stereocenters. The minimum absolute atomic E-state index is 0.290. The van der Waals surface area contributed by atoms with Crippen LogP contribution in [0.2, 0.25) is 0 Å². The quantitative estimate of drug-likeness (QED) is 0.759. The van der Waals surface area contributed by atoms with Crippen molar-refractivity contribution >= 4 is 17.3 Å². The number of hydrogen-bond acceptors (Lipinski definition) is 4. The number of fused-ring (bicyclic) bond motifs is 1. The topological polar surface area (TPSA) is 59.5 Å². The van der Waals surface area contributed by atoms with E-state index in [1.165, 1.54) is 0 Å². The largest absolute Gasteiger partial charge is 0.377 e. The summed E-state index contributed by atoms with van der Waals surface area (Å²) in [5.74, 6) is 0.290. The van der Waals surface area contributed by atoms with Gasteiger partial charge in [-0.05, 0) is 18.2 Å². The van der Waals surface area contributed by atoms with E-state index in [1.54, 1.807) is 4.52 Å². The Kier molecular flexibility index (Phi) is 2.59. The van der Waals surface area contributed by atoms with Crippen molar-refractivity contribution in [2.45, 2.75) is 0 Å². The Bertz CT molecular complexity index is 730. The monoisotopic (exact) mass is 253 g/mol. The van der Waals surface area contributed by atoms with Crippen molar-refractivity contribution in [1.29, 1.82) is 0 Å². The minimum Gasteiger partial charge on any atom is -0.377 e. The first-order chi connectivity index (χ1) is 9.15. The van der Waals surface area contributed by atoms with Crippen LogP contribution in [-0.4, -0.2) is 28.7 Å². The van der Waals surface area contributed by atoms with Gasteiger partial charge in [0.05, 0.1) is 0 Å². The predicted octanol–water partition coefficient (Wildman–Crippen LogP) is 2.04. The first-order valence-corrected chi connectivity index (χ1v) is 6.04. The summed E-state index contributed by atoms with van der Waals surface area (Å²) in [6.07, 6.45) is 1.95. The summed E-state index contributed by atoms with van der Waals surface area (Å²) in [5.41, 5.74) is 9.76. The molecule has 3 aromatic rings. The number of rotatable bonds is 2. The molecule has 0 radical (unpaired) electrons. The van der Waals surface area contributed by atoms with Gasteiger partial charge in [0.15, 0.2) is 5.65 Å². The molecule has 5 heteroatoms. The van der Waals surface area contributed by atoms with Crippen molar-refractivity contribution in [3.8, 4) is 11.1 Å². The first kappa shape index (κ1) is 11.5. The SMILES string of the molecule is CN(C)c1ccccc1-c1ccc2nc(N)nn2c1. The van der Waals surface area contributed by atoms with Crippen molar-refractivity contribution in [2.24, 2.45) is 0 Å². The summed E-state index contributed by atoms with van der Waals surface area (Å²) in [6.45, 7) is 0. The summed E-state index contributed by atoms with van der Waals surface area (Å²) in [7, 11) is 4.07. The Morgan fingerprint density at radius 1 is 1.11 bits per heavy atom. The number of hydrogen-bond donors (Lipinski definition) is 1. The standard InChI is InChI=1S/C14H15N5/c1-18(2)12-6-4-3-5-11(12)10-7-8-13-16-14(15)17-19(13)9-10/h3-9H,1-2H3,(H2,15,17). The van der Waals surface area contributed by atoms with Gasteiger partial charge in [0.1, 0.15) is 0 Å². The number of anilines is 2. The molecule has 96 valence electrons. The molecule has 2 heterocycles. The summed E-state index contributed by atoms with van der Waals surface area (Å²) in [4.78, 5) is 6.22. The Morgan fingerprint density at radius 3 is 2.68 bits per heavy atom. The molecule has 0 atom stereocenters. The Hall–Kier alpha value is -2.56. The van der Waals surface area contributed by atoms with Gasteiger partial charge in [-0.3, -0.25) is 0 Å². The van der Waals surface area contributed by atoms with Gasteiger partial charge in [0, 0.05) is 37.1 Å². The molecule has 19 heavy (non-hydrogen) atoms. The molecular weight excluding hydrogens is 238 g/mol. The zero-order chi connectivity index (χ0) is 13.4. The Morgan fingerprint density at radius 2 is 1.89 bits per heavy atom. The third-order valence-corrected chi connectivity index (χ3v) is 3.04. The van der Waals surface area contributed by atoms with Crippen LogP contribution in [0.3, 0.4) is 0 Å². The van der Waals surface area contributed by atoms with Gasteiger partial charge >= 0.3 is 0 Å². The normalized spacial score (nSPS) is 10.8. The molecular formula is C14H15N5. The summed E-state index contributed by atoms with van der Waals surface area (Å²) in [5, 5.41) is 4.14. The second-order valence-corrected chi connectivity index (χ2v) is 4.60. The van der Waals surface area contributed by atoms with E-state index in [4.69, 9.17) is 5.73 Å². The number of para-hydroxylation sites is 1. The van der Waals surface area contributed by atoms with Crippen LogP contribution in [0, 0.1) is 0 Å². The highest BCUT2D eigenvalue weighted by molar-refractivity contribution is 5.78. The van der Waals surface area contributed by atoms with Gasteiger partial charge in [-0.1, -0.05) is 18.2 Å². The molecule has 1 aromatic carbocycles. The lowest BCUT2D eigenvalue weighted by atomic mass is 10.1. The van der Waals surface area contributed by atoms with Gasteiger partial charge in [0.25, 0.3) is 0 Å². The van der Waals surface area contributed by atoms with Crippen molar-refractivity contribution in [3.63, 3.8) is 0 Å². The number of pyridine rings is 1. The number of benzene rings is 1. The Labute approximate surface area is 111 Å². The average molecular weight is 253 g/mol. The van der Waals surface area contributed by atoms with Gasteiger partial charge in [-0.2, -0.15) is 4.98 Å². The van der Waals surface area contributed by atoms with Crippen LogP contribution in [0.1, 0.15) is 0 Å². The van der Waals surface area contributed by atoms with E-state index in [2.05, 4.69) is 27.1 Å². The molecule has 2 aromatic heterocycles. The van der Waals surface area contributed by atoms with Gasteiger partial charge < -0.3 is 10.6 Å². The summed E-state index contributed by atoms with van der Waals surface area (Å²) in [6, 6.07) is 12.2. The molecule has 0 aliphatic rings. The highest BCUT2D eigenvalue weighted by Crippen LogP contribution is 2.29. The maximum absolute atomic E-state index is 5.61. The molecule has 0 aliphatic heterocycles. The number of nitrogen functional groups attached to an aromatic ring is 1. The minimum atomic E-state index is 0.290. The lowest BCUT2D eigenvalue weighted by molar-refractivity contribution is 0.969. The van der Waals surface area contributed by atoms with Crippen molar-refractivity contribution in [3.05, 3.63) is 42.6 Å². The molecule has 0 saturated heterocycles. The van der Waals surface area contributed by atoms with Crippen LogP contribution >= 0.6 is 0 Å². The molecule has 0 bridgehead atoms. The van der Waals surface area contributed by atoms with E-state index in [9.17, 15) is 0 Å². The maximum Gasteiger partial charge on any atom is 0.240 e. The van der Waals surface area contributed by atoms with Crippen LogP contribution in [0.5, 0.6) is 0 Å². The van der Waals surface area contributed by atoms with Crippen LogP contribution in [-0.2, 0) is 0 Å². The lowest BCUT2D eigenvalue weighted by Gasteiger charge is -2.17. The third-order valence-electron chi connectivity index (χ3n) is 3.04. The van der Waals surface area contributed by atoms with Crippen LogP contribution in [0.4, 0.5) is 11.6 Å². The van der Waals surface area contributed by atoms with E-state index in [0.29, 0.717) is 0 Å². The molecule has 0 aliphatic carbocycles. The lowest BCUT2D eigenvalue weighted by Crippen LogP contribution is -2.09. The van der Waals surface area contributed by atoms with Gasteiger partial charge in [0.2, 0.25) is 5.95 Å². The van der Waals surface area contributed by atoms with Crippen molar-refractivity contribution in [2.75, 3.05) is 24.7 Å². The molecule has 0 saturated carbocycles. The van der Waals surface area contributed by atoms with E-state index in [-0.39, 0.29) is 5.95 Å². The fourth-order valence-corrected chi connectivity index (χ4v) is 2.17. The second kappa shape index (κ2) is 4.28. The molecule has 5 nitrogen and oxygen atoms in total. The number of nitrogens with two attached hydrogens (primary N) is 1.